The third-order valence-electron chi connectivity index (χ3n) is 2.88. The number of nitrogens with zero attached hydrogens (tertiary/aromatic N) is 4. The molecule has 2 heterocycles. The highest BCUT2D eigenvalue weighted by Crippen LogP contribution is 2.11. The van der Waals surface area contributed by atoms with Crippen LogP contribution in [0.1, 0.15) is 15.2 Å². The Hall–Kier alpha value is -2.54. The Kier molecular flexibility index (Phi) is 4.02. The van der Waals surface area contributed by atoms with Gasteiger partial charge in [0.15, 0.2) is 0 Å². The molecule has 0 amide bonds. The molecule has 1 aromatic carbocycles. The van der Waals surface area contributed by atoms with Gasteiger partial charge in [-0.3, -0.25) is 0 Å². The highest BCUT2D eigenvalue weighted by molar-refractivity contribution is 7.09. The van der Waals surface area contributed by atoms with Gasteiger partial charge >= 0.3 is 5.97 Å². The van der Waals surface area contributed by atoms with Gasteiger partial charge in [0.25, 0.3) is 0 Å². The monoisotopic (exact) mass is 300 g/mol. The first-order chi connectivity index (χ1) is 10.3. The Labute approximate surface area is 125 Å². The van der Waals surface area contributed by atoms with Crippen molar-refractivity contribution in [2.45, 2.75) is 6.42 Å². The molecule has 3 rings (SSSR count). The summed E-state index contributed by atoms with van der Waals surface area (Å²) in [6.45, 7) is 0.383. The predicted molar refractivity (Wildman–Crippen MR) is 77.5 cm³/mol. The molecule has 0 saturated heterocycles. The molecule has 106 valence electrons. The van der Waals surface area contributed by atoms with Crippen LogP contribution < -0.4 is 0 Å². The number of esters is 1. The molecular formula is C14H12N4O2S. The highest BCUT2D eigenvalue weighted by Gasteiger charge is 2.08. The van der Waals surface area contributed by atoms with E-state index in [4.69, 9.17) is 4.74 Å². The SMILES string of the molecule is O=C(OCCc1cccs1)c1ccc(-n2cnnn2)cc1. The lowest BCUT2D eigenvalue weighted by Crippen LogP contribution is -2.08. The first-order valence-corrected chi connectivity index (χ1v) is 7.24. The van der Waals surface area contributed by atoms with Gasteiger partial charge in [-0.25, -0.2) is 9.48 Å². The van der Waals surface area contributed by atoms with E-state index in [0.29, 0.717) is 12.2 Å². The molecule has 0 bridgehead atoms. The number of ether oxygens (including phenoxy) is 1. The van der Waals surface area contributed by atoms with E-state index < -0.39 is 0 Å². The maximum absolute atomic E-state index is 11.9. The third-order valence-corrected chi connectivity index (χ3v) is 3.81. The smallest absolute Gasteiger partial charge is 0.338 e. The van der Waals surface area contributed by atoms with E-state index in [9.17, 15) is 4.79 Å². The third kappa shape index (κ3) is 3.32. The predicted octanol–water partition coefficient (Wildman–Crippen LogP) is 2.12. The fraction of sp³-hybridized carbons (Fsp3) is 0.143. The molecule has 0 N–H and O–H groups in total. The number of benzene rings is 1. The number of hydrogen-bond acceptors (Lipinski definition) is 6. The number of carbonyl (C=O) groups is 1. The maximum Gasteiger partial charge on any atom is 0.338 e. The van der Waals surface area contributed by atoms with Gasteiger partial charge in [0, 0.05) is 11.3 Å². The second kappa shape index (κ2) is 6.27. The molecular weight excluding hydrogens is 288 g/mol. The minimum absolute atomic E-state index is 0.324. The van der Waals surface area contributed by atoms with Crippen molar-refractivity contribution in [2.75, 3.05) is 6.61 Å². The lowest BCUT2D eigenvalue weighted by atomic mass is 10.2. The largest absolute Gasteiger partial charge is 0.462 e. The van der Waals surface area contributed by atoms with Gasteiger partial charge < -0.3 is 4.74 Å². The summed E-state index contributed by atoms with van der Waals surface area (Å²) in [6, 6.07) is 11.0. The lowest BCUT2D eigenvalue weighted by Gasteiger charge is -2.05. The number of tetrazole rings is 1. The van der Waals surface area contributed by atoms with E-state index in [1.807, 2.05) is 17.5 Å². The van der Waals surface area contributed by atoms with E-state index in [1.54, 1.807) is 35.6 Å². The molecule has 0 aliphatic heterocycles. The van der Waals surface area contributed by atoms with E-state index in [1.165, 1.54) is 15.9 Å². The minimum atomic E-state index is -0.324. The van der Waals surface area contributed by atoms with Crippen LogP contribution in [0.15, 0.2) is 48.1 Å². The van der Waals surface area contributed by atoms with Crippen molar-refractivity contribution in [3.63, 3.8) is 0 Å². The highest BCUT2D eigenvalue weighted by atomic mass is 32.1. The zero-order valence-corrected chi connectivity index (χ0v) is 11.9. The molecule has 0 aliphatic rings. The summed E-state index contributed by atoms with van der Waals surface area (Å²) < 4.78 is 6.77. The number of hydrogen-bond donors (Lipinski definition) is 0. The Morgan fingerprint density at radius 1 is 1.24 bits per heavy atom. The van der Waals surface area contributed by atoms with Crippen molar-refractivity contribution >= 4 is 17.3 Å². The second-order valence-electron chi connectivity index (χ2n) is 4.27. The van der Waals surface area contributed by atoms with Crippen molar-refractivity contribution in [2.24, 2.45) is 0 Å². The van der Waals surface area contributed by atoms with Crippen LogP contribution >= 0.6 is 11.3 Å². The lowest BCUT2D eigenvalue weighted by molar-refractivity contribution is 0.0510. The maximum atomic E-state index is 11.9. The molecule has 6 nitrogen and oxygen atoms in total. The fourth-order valence-electron chi connectivity index (χ4n) is 1.81. The zero-order chi connectivity index (χ0) is 14.5. The van der Waals surface area contributed by atoms with Crippen LogP contribution in [-0.4, -0.2) is 32.8 Å². The Balaban J connectivity index is 1.57. The quantitative estimate of drug-likeness (QED) is 0.675. The summed E-state index contributed by atoms with van der Waals surface area (Å²) in [5.41, 5.74) is 1.30. The van der Waals surface area contributed by atoms with Crippen LogP contribution in [0.3, 0.4) is 0 Å². The molecule has 7 heteroatoms. The molecule has 0 aliphatic carbocycles. The molecule has 21 heavy (non-hydrogen) atoms. The summed E-state index contributed by atoms with van der Waals surface area (Å²) in [5, 5.41) is 12.9. The van der Waals surface area contributed by atoms with Gasteiger partial charge in [-0.05, 0) is 46.1 Å². The molecule has 2 aromatic heterocycles. The van der Waals surface area contributed by atoms with Crippen molar-refractivity contribution in [1.82, 2.24) is 20.2 Å². The van der Waals surface area contributed by atoms with Gasteiger partial charge in [-0.2, -0.15) is 0 Å². The van der Waals surface area contributed by atoms with E-state index in [0.717, 1.165) is 12.1 Å². The van der Waals surface area contributed by atoms with Crippen LogP contribution in [0.2, 0.25) is 0 Å². The molecule has 0 atom stereocenters. The van der Waals surface area contributed by atoms with Gasteiger partial charge in [0.1, 0.15) is 6.33 Å². The first kappa shape index (κ1) is 13.4. The molecule has 0 unspecified atom stereocenters. The Morgan fingerprint density at radius 2 is 2.10 bits per heavy atom. The van der Waals surface area contributed by atoms with Crippen molar-refractivity contribution in [3.05, 3.63) is 58.5 Å². The average molecular weight is 300 g/mol. The first-order valence-electron chi connectivity index (χ1n) is 6.36. The Morgan fingerprint density at radius 3 is 2.76 bits per heavy atom. The van der Waals surface area contributed by atoms with Gasteiger partial charge in [0.05, 0.1) is 17.9 Å². The molecule has 0 radical (unpaired) electrons. The van der Waals surface area contributed by atoms with Gasteiger partial charge in [-0.1, -0.05) is 6.07 Å². The standard InChI is InChI=1S/C14H12N4O2S/c19-14(20-8-7-13-2-1-9-21-13)11-3-5-12(6-4-11)18-10-15-16-17-18/h1-6,9-10H,7-8H2. The summed E-state index contributed by atoms with van der Waals surface area (Å²) >= 11 is 1.66. The number of carbonyl (C=O) groups excluding carboxylic acids is 1. The number of aromatic nitrogens is 4. The van der Waals surface area contributed by atoms with Crippen LogP contribution in [0.25, 0.3) is 5.69 Å². The summed E-state index contributed by atoms with van der Waals surface area (Å²) in [4.78, 5) is 13.1. The van der Waals surface area contributed by atoms with E-state index >= 15 is 0 Å². The molecule has 0 spiro atoms. The van der Waals surface area contributed by atoms with Crippen molar-refractivity contribution in [3.8, 4) is 5.69 Å². The van der Waals surface area contributed by atoms with Crippen molar-refractivity contribution in [1.29, 1.82) is 0 Å². The van der Waals surface area contributed by atoms with Crippen LogP contribution in [0.5, 0.6) is 0 Å². The van der Waals surface area contributed by atoms with Crippen LogP contribution in [0, 0.1) is 0 Å². The molecule has 0 fully saturated rings. The average Bonchev–Trinajstić information content (AvgIpc) is 3.21. The summed E-state index contributed by atoms with van der Waals surface area (Å²) in [7, 11) is 0. The van der Waals surface area contributed by atoms with Gasteiger partial charge in [-0.15, -0.1) is 16.4 Å². The second-order valence-corrected chi connectivity index (χ2v) is 5.30. The minimum Gasteiger partial charge on any atom is -0.462 e. The van der Waals surface area contributed by atoms with Crippen LogP contribution in [0.4, 0.5) is 0 Å². The molecule has 0 saturated carbocycles. The van der Waals surface area contributed by atoms with Gasteiger partial charge in [0.2, 0.25) is 0 Å². The Bertz CT molecular complexity index is 693. The van der Waals surface area contributed by atoms with E-state index in [-0.39, 0.29) is 5.97 Å². The normalized spacial score (nSPS) is 10.5. The molecule has 3 aromatic rings. The fourth-order valence-corrected chi connectivity index (χ4v) is 2.50. The number of rotatable bonds is 5. The van der Waals surface area contributed by atoms with E-state index in [2.05, 4.69) is 15.5 Å². The van der Waals surface area contributed by atoms with Crippen LogP contribution in [-0.2, 0) is 11.2 Å². The zero-order valence-electron chi connectivity index (χ0n) is 11.0. The van der Waals surface area contributed by atoms with Crippen molar-refractivity contribution < 1.29 is 9.53 Å². The number of thiophene rings is 1. The summed E-state index contributed by atoms with van der Waals surface area (Å²) in [6.07, 6.45) is 2.24. The topological polar surface area (TPSA) is 69.9 Å². The summed E-state index contributed by atoms with van der Waals surface area (Å²) in [5.74, 6) is -0.324.